The van der Waals surface area contributed by atoms with Crippen LogP contribution in [0, 0.1) is 5.82 Å². The van der Waals surface area contributed by atoms with Crippen molar-refractivity contribution in [2.75, 3.05) is 0 Å². The van der Waals surface area contributed by atoms with Gasteiger partial charge in [-0.05, 0) is 41.3 Å². The summed E-state index contributed by atoms with van der Waals surface area (Å²) in [6, 6.07) is 17.0. The molecule has 4 aromatic rings. The third-order valence-corrected chi connectivity index (χ3v) is 5.90. The Bertz CT molecular complexity index is 1110. The van der Waals surface area contributed by atoms with Crippen molar-refractivity contribution in [1.29, 1.82) is 0 Å². The third kappa shape index (κ3) is 3.69. The molecule has 0 unspecified atom stereocenters. The molecule has 2 aromatic carbocycles. The van der Waals surface area contributed by atoms with E-state index in [1.165, 1.54) is 29.2 Å². The summed E-state index contributed by atoms with van der Waals surface area (Å²) in [6.07, 6.45) is 0. The van der Waals surface area contributed by atoms with E-state index in [4.69, 9.17) is 5.11 Å². The lowest BCUT2D eigenvalue weighted by Crippen LogP contribution is -2.02. The van der Waals surface area contributed by atoms with Gasteiger partial charge >= 0.3 is 5.97 Å². The van der Waals surface area contributed by atoms with Crippen LogP contribution in [0.5, 0.6) is 0 Å². The Labute approximate surface area is 168 Å². The summed E-state index contributed by atoms with van der Waals surface area (Å²) in [7, 11) is 0. The van der Waals surface area contributed by atoms with E-state index < -0.39 is 5.97 Å². The van der Waals surface area contributed by atoms with Crippen molar-refractivity contribution < 1.29 is 14.3 Å². The van der Waals surface area contributed by atoms with Crippen LogP contribution in [0.2, 0.25) is 0 Å². The second-order valence-electron chi connectivity index (χ2n) is 5.86. The fourth-order valence-corrected chi connectivity index (χ4v) is 4.27. The summed E-state index contributed by atoms with van der Waals surface area (Å²) >= 11 is 2.93. The Morgan fingerprint density at radius 3 is 2.54 bits per heavy atom. The van der Waals surface area contributed by atoms with Crippen molar-refractivity contribution in [1.82, 2.24) is 14.8 Å². The van der Waals surface area contributed by atoms with Crippen molar-refractivity contribution in [2.24, 2.45) is 0 Å². The molecule has 0 saturated carbocycles. The van der Waals surface area contributed by atoms with E-state index in [1.807, 2.05) is 17.5 Å². The predicted octanol–water partition coefficient (Wildman–Crippen LogP) is 5.13. The summed E-state index contributed by atoms with van der Waals surface area (Å²) in [4.78, 5) is 11.9. The van der Waals surface area contributed by atoms with Crippen LogP contribution in [0.15, 0.2) is 71.2 Å². The van der Waals surface area contributed by atoms with Crippen LogP contribution in [0.25, 0.3) is 16.4 Å². The molecule has 0 aliphatic heterocycles. The fourth-order valence-electron chi connectivity index (χ4n) is 2.67. The van der Waals surface area contributed by atoms with Crippen molar-refractivity contribution in [3.05, 3.63) is 83.0 Å². The standard InChI is InChI=1S/C20H14FN3O2S2/c21-15-4-1-2-5-16(15)24-18(17-6-3-11-27-17)22-23-20(24)28-12-13-7-9-14(10-8-13)19(25)26/h1-11H,12H2,(H,25,26). The number of aromatic nitrogens is 3. The minimum absolute atomic E-state index is 0.239. The van der Waals surface area contributed by atoms with E-state index in [9.17, 15) is 9.18 Å². The normalized spacial score (nSPS) is 10.9. The maximum Gasteiger partial charge on any atom is 0.335 e. The number of para-hydroxylation sites is 1. The molecule has 0 bridgehead atoms. The van der Waals surface area contributed by atoms with E-state index in [1.54, 1.807) is 47.0 Å². The number of carboxylic acids is 1. The molecule has 140 valence electrons. The Morgan fingerprint density at radius 1 is 1.07 bits per heavy atom. The van der Waals surface area contributed by atoms with E-state index in [0.29, 0.717) is 22.4 Å². The number of benzene rings is 2. The summed E-state index contributed by atoms with van der Waals surface area (Å²) in [6.45, 7) is 0. The number of halogens is 1. The summed E-state index contributed by atoms with van der Waals surface area (Å²) in [5, 5.41) is 20.1. The minimum atomic E-state index is -0.959. The van der Waals surface area contributed by atoms with Crippen LogP contribution in [-0.2, 0) is 5.75 Å². The number of rotatable bonds is 6. The number of carbonyl (C=O) groups is 1. The zero-order valence-electron chi connectivity index (χ0n) is 14.4. The van der Waals surface area contributed by atoms with Crippen LogP contribution in [0.4, 0.5) is 4.39 Å². The van der Waals surface area contributed by atoms with Gasteiger partial charge in [0.1, 0.15) is 5.82 Å². The van der Waals surface area contributed by atoms with E-state index in [0.717, 1.165) is 10.4 Å². The van der Waals surface area contributed by atoms with Crippen LogP contribution < -0.4 is 0 Å². The SMILES string of the molecule is O=C(O)c1ccc(CSc2nnc(-c3cccs3)n2-c2ccccc2F)cc1. The van der Waals surface area contributed by atoms with Crippen LogP contribution in [0.3, 0.4) is 0 Å². The molecule has 0 saturated heterocycles. The van der Waals surface area contributed by atoms with E-state index >= 15 is 0 Å². The van der Waals surface area contributed by atoms with Gasteiger partial charge < -0.3 is 5.11 Å². The highest BCUT2D eigenvalue weighted by atomic mass is 32.2. The quantitative estimate of drug-likeness (QED) is 0.446. The molecule has 0 atom stereocenters. The van der Waals surface area contributed by atoms with Crippen molar-refractivity contribution in [3.63, 3.8) is 0 Å². The summed E-state index contributed by atoms with van der Waals surface area (Å²) in [5.74, 6) is -0.174. The molecule has 2 heterocycles. The van der Waals surface area contributed by atoms with Gasteiger partial charge in [-0.15, -0.1) is 21.5 Å². The maximum absolute atomic E-state index is 14.5. The van der Waals surface area contributed by atoms with Crippen molar-refractivity contribution >= 4 is 29.1 Å². The zero-order valence-corrected chi connectivity index (χ0v) is 16.1. The lowest BCUT2D eigenvalue weighted by Gasteiger charge is -2.10. The Morgan fingerprint density at radius 2 is 1.86 bits per heavy atom. The van der Waals surface area contributed by atoms with Gasteiger partial charge in [-0.1, -0.05) is 42.1 Å². The highest BCUT2D eigenvalue weighted by molar-refractivity contribution is 7.98. The molecular weight excluding hydrogens is 397 g/mol. The number of thiophene rings is 1. The molecule has 0 amide bonds. The van der Waals surface area contributed by atoms with Crippen molar-refractivity contribution in [2.45, 2.75) is 10.9 Å². The molecule has 1 N–H and O–H groups in total. The molecule has 0 aliphatic carbocycles. The molecule has 0 radical (unpaired) electrons. The Balaban J connectivity index is 1.67. The highest BCUT2D eigenvalue weighted by Gasteiger charge is 2.19. The molecule has 5 nitrogen and oxygen atoms in total. The van der Waals surface area contributed by atoms with Crippen molar-refractivity contribution in [3.8, 4) is 16.4 Å². The molecular formula is C20H14FN3O2S2. The first-order valence-electron chi connectivity index (χ1n) is 8.32. The Hall–Kier alpha value is -2.97. The van der Waals surface area contributed by atoms with Gasteiger partial charge in [0.25, 0.3) is 0 Å². The summed E-state index contributed by atoms with van der Waals surface area (Å²) < 4.78 is 16.2. The van der Waals surface area contributed by atoms with Gasteiger partial charge in [0.2, 0.25) is 0 Å². The third-order valence-electron chi connectivity index (χ3n) is 4.04. The van der Waals surface area contributed by atoms with Gasteiger partial charge in [0.15, 0.2) is 11.0 Å². The predicted molar refractivity (Wildman–Crippen MR) is 108 cm³/mol. The van der Waals surface area contributed by atoms with Crippen LogP contribution in [0.1, 0.15) is 15.9 Å². The first-order valence-corrected chi connectivity index (χ1v) is 10.2. The number of aromatic carboxylic acids is 1. The molecule has 0 spiro atoms. The molecule has 8 heteroatoms. The first-order chi connectivity index (χ1) is 13.6. The number of carboxylic acid groups (broad SMARTS) is 1. The minimum Gasteiger partial charge on any atom is -0.478 e. The van der Waals surface area contributed by atoms with Crippen LogP contribution in [-0.4, -0.2) is 25.8 Å². The van der Waals surface area contributed by atoms with E-state index in [-0.39, 0.29) is 11.4 Å². The van der Waals surface area contributed by atoms with Gasteiger partial charge in [0, 0.05) is 5.75 Å². The number of thioether (sulfide) groups is 1. The number of nitrogens with zero attached hydrogens (tertiary/aromatic N) is 3. The van der Waals surface area contributed by atoms with Gasteiger partial charge in [-0.3, -0.25) is 4.57 Å². The second kappa shape index (κ2) is 7.95. The summed E-state index contributed by atoms with van der Waals surface area (Å²) in [5.41, 5.74) is 1.57. The molecule has 28 heavy (non-hydrogen) atoms. The molecule has 0 fully saturated rings. The molecule has 0 aliphatic rings. The number of hydrogen-bond donors (Lipinski definition) is 1. The number of hydrogen-bond acceptors (Lipinski definition) is 5. The maximum atomic E-state index is 14.5. The van der Waals surface area contributed by atoms with E-state index in [2.05, 4.69) is 10.2 Å². The average Bonchev–Trinajstić information content (AvgIpc) is 3.37. The lowest BCUT2D eigenvalue weighted by atomic mass is 10.1. The smallest absolute Gasteiger partial charge is 0.335 e. The molecule has 4 rings (SSSR count). The van der Waals surface area contributed by atoms with Crippen LogP contribution >= 0.6 is 23.1 Å². The Kier molecular flexibility index (Phi) is 5.23. The highest BCUT2D eigenvalue weighted by Crippen LogP contribution is 2.32. The second-order valence-corrected chi connectivity index (χ2v) is 7.75. The largest absolute Gasteiger partial charge is 0.478 e. The zero-order chi connectivity index (χ0) is 19.5. The lowest BCUT2D eigenvalue weighted by molar-refractivity contribution is 0.0697. The monoisotopic (exact) mass is 411 g/mol. The molecule has 2 aromatic heterocycles. The topological polar surface area (TPSA) is 68.0 Å². The van der Waals surface area contributed by atoms with Gasteiger partial charge in [-0.2, -0.15) is 0 Å². The van der Waals surface area contributed by atoms with Gasteiger partial charge in [0.05, 0.1) is 16.1 Å². The average molecular weight is 411 g/mol. The fraction of sp³-hybridized carbons (Fsp3) is 0.0500. The first kappa shape index (κ1) is 18.4. The van der Waals surface area contributed by atoms with Gasteiger partial charge in [-0.25, -0.2) is 9.18 Å².